The molecule has 1 atom stereocenters. The van der Waals surface area contributed by atoms with Crippen molar-refractivity contribution in [2.45, 2.75) is 19.8 Å². The van der Waals surface area contributed by atoms with Crippen molar-refractivity contribution < 1.29 is 4.79 Å². The molecule has 1 aliphatic heterocycles. The van der Waals surface area contributed by atoms with Crippen LogP contribution in [0.25, 0.3) is 0 Å². The summed E-state index contributed by atoms with van der Waals surface area (Å²) in [7, 11) is 0. The van der Waals surface area contributed by atoms with Gasteiger partial charge in [0.05, 0.1) is 5.92 Å². The Morgan fingerprint density at radius 2 is 2.14 bits per heavy atom. The number of hydrazine groups is 1. The van der Waals surface area contributed by atoms with Crippen LogP contribution in [0.15, 0.2) is 18.2 Å². The first kappa shape index (κ1) is 9.21. The third-order valence-corrected chi connectivity index (χ3v) is 2.63. The van der Waals surface area contributed by atoms with E-state index >= 15 is 0 Å². The minimum Gasteiger partial charge on any atom is -0.291 e. The second kappa shape index (κ2) is 3.42. The van der Waals surface area contributed by atoms with Gasteiger partial charge >= 0.3 is 0 Å². The van der Waals surface area contributed by atoms with Crippen LogP contribution >= 0.6 is 0 Å². The van der Waals surface area contributed by atoms with Gasteiger partial charge in [0.1, 0.15) is 0 Å². The van der Waals surface area contributed by atoms with Crippen LogP contribution in [0.3, 0.4) is 0 Å². The second-order valence-electron chi connectivity index (χ2n) is 3.78. The summed E-state index contributed by atoms with van der Waals surface area (Å²) >= 11 is 0. The van der Waals surface area contributed by atoms with E-state index < -0.39 is 0 Å². The molecule has 0 aromatic heterocycles. The van der Waals surface area contributed by atoms with Crippen LogP contribution in [0.5, 0.6) is 0 Å². The minimum atomic E-state index is -0.0319. The van der Waals surface area contributed by atoms with Crippen LogP contribution in [0, 0.1) is 13.8 Å². The number of aryl methyl sites for hydroxylation is 2. The Balaban J connectivity index is 2.36. The molecular formula is C11H14N2O. The SMILES string of the molecule is Cc1ccc(C2CNNC2=O)c(C)c1. The molecule has 74 valence electrons. The molecule has 1 saturated heterocycles. The van der Waals surface area contributed by atoms with E-state index in [9.17, 15) is 4.79 Å². The standard InChI is InChI=1S/C11H14N2O/c1-7-3-4-9(8(2)5-7)10-6-12-13-11(10)14/h3-5,10,12H,6H2,1-2H3,(H,13,14). The van der Waals surface area contributed by atoms with Crippen molar-refractivity contribution in [2.24, 2.45) is 0 Å². The maximum absolute atomic E-state index is 11.4. The summed E-state index contributed by atoms with van der Waals surface area (Å²) in [5.41, 5.74) is 9.03. The van der Waals surface area contributed by atoms with Gasteiger partial charge in [0.25, 0.3) is 0 Å². The maximum atomic E-state index is 11.4. The topological polar surface area (TPSA) is 41.1 Å². The monoisotopic (exact) mass is 190 g/mol. The van der Waals surface area contributed by atoms with Gasteiger partial charge in [-0.25, -0.2) is 5.43 Å². The molecule has 14 heavy (non-hydrogen) atoms. The summed E-state index contributed by atoms with van der Waals surface area (Å²) in [4.78, 5) is 11.4. The van der Waals surface area contributed by atoms with Crippen LogP contribution in [0.4, 0.5) is 0 Å². The Morgan fingerprint density at radius 1 is 1.36 bits per heavy atom. The summed E-state index contributed by atoms with van der Waals surface area (Å²) in [6.45, 7) is 4.79. The Kier molecular flexibility index (Phi) is 2.25. The van der Waals surface area contributed by atoms with Crippen molar-refractivity contribution in [1.82, 2.24) is 10.9 Å². The third-order valence-electron chi connectivity index (χ3n) is 2.63. The highest BCUT2D eigenvalue weighted by molar-refractivity contribution is 5.85. The summed E-state index contributed by atoms with van der Waals surface area (Å²) < 4.78 is 0. The molecule has 0 saturated carbocycles. The Morgan fingerprint density at radius 3 is 2.71 bits per heavy atom. The molecule has 1 aromatic rings. The van der Waals surface area contributed by atoms with Gasteiger partial charge in [0, 0.05) is 6.54 Å². The highest BCUT2D eigenvalue weighted by atomic mass is 16.2. The first-order chi connectivity index (χ1) is 6.68. The highest BCUT2D eigenvalue weighted by Crippen LogP contribution is 2.22. The number of hydrogen-bond acceptors (Lipinski definition) is 2. The van der Waals surface area contributed by atoms with Crippen LogP contribution in [-0.2, 0) is 4.79 Å². The van der Waals surface area contributed by atoms with Gasteiger partial charge in [-0.2, -0.15) is 0 Å². The molecule has 1 aromatic carbocycles. The summed E-state index contributed by atoms with van der Waals surface area (Å²) in [6.07, 6.45) is 0. The molecule has 1 fully saturated rings. The van der Waals surface area contributed by atoms with E-state index in [0.717, 1.165) is 5.56 Å². The first-order valence-corrected chi connectivity index (χ1v) is 4.78. The van der Waals surface area contributed by atoms with Crippen molar-refractivity contribution in [3.63, 3.8) is 0 Å². The lowest BCUT2D eigenvalue weighted by molar-refractivity contribution is -0.120. The smallest absolute Gasteiger partial charge is 0.242 e. The van der Waals surface area contributed by atoms with Gasteiger partial charge in [-0.15, -0.1) is 0 Å². The summed E-state index contributed by atoms with van der Waals surface area (Å²) in [6, 6.07) is 6.21. The molecule has 0 bridgehead atoms. The van der Waals surface area contributed by atoms with Crippen molar-refractivity contribution in [2.75, 3.05) is 6.54 Å². The molecule has 1 unspecified atom stereocenters. The van der Waals surface area contributed by atoms with Crippen LogP contribution in [-0.4, -0.2) is 12.5 Å². The Bertz CT molecular complexity index is 374. The van der Waals surface area contributed by atoms with Crippen molar-refractivity contribution >= 4 is 5.91 Å². The van der Waals surface area contributed by atoms with E-state index in [1.165, 1.54) is 11.1 Å². The second-order valence-corrected chi connectivity index (χ2v) is 3.78. The molecular weight excluding hydrogens is 176 g/mol. The van der Waals surface area contributed by atoms with Crippen LogP contribution in [0.1, 0.15) is 22.6 Å². The van der Waals surface area contributed by atoms with E-state index in [4.69, 9.17) is 0 Å². The van der Waals surface area contributed by atoms with Crippen molar-refractivity contribution in [3.05, 3.63) is 34.9 Å². The fourth-order valence-corrected chi connectivity index (χ4v) is 1.89. The molecule has 0 radical (unpaired) electrons. The number of benzene rings is 1. The van der Waals surface area contributed by atoms with Gasteiger partial charge in [-0.05, 0) is 25.0 Å². The lowest BCUT2D eigenvalue weighted by Gasteiger charge is -2.10. The molecule has 3 nitrogen and oxygen atoms in total. The van der Waals surface area contributed by atoms with Gasteiger partial charge in [0.2, 0.25) is 5.91 Å². The van der Waals surface area contributed by atoms with E-state index in [-0.39, 0.29) is 11.8 Å². The predicted molar refractivity (Wildman–Crippen MR) is 54.8 cm³/mol. The van der Waals surface area contributed by atoms with Crippen molar-refractivity contribution in [1.29, 1.82) is 0 Å². The molecule has 2 rings (SSSR count). The fourth-order valence-electron chi connectivity index (χ4n) is 1.89. The van der Waals surface area contributed by atoms with E-state index in [1.54, 1.807) is 0 Å². The zero-order valence-electron chi connectivity index (χ0n) is 8.42. The van der Waals surface area contributed by atoms with E-state index in [2.05, 4.69) is 23.8 Å². The normalized spacial score (nSPS) is 21.0. The van der Waals surface area contributed by atoms with E-state index in [0.29, 0.717) is 6.54 Å². The number of nitrogens with one attached hydrogen (secondary N) is 2. The summed E-state index contributed by atoms with van der Waals surface area (Å²) in [5.74, 6) is 0.0348. The van der Waals surface area contributed by atoms with Gasteiger partial charge in [0.15, 0.2) is 0 Å². The minimum absolute atomic E-state index is 0.0319. The molecule has 1 amide bonds. The predicted octanol–water partition coefficient (Wildman–Crippen LogP) is 1.02. The highest BCUT2D eigenvalue weighted by Gasteiger charge is 2.26. The Hall–Kier alpha value is -1.35. The molecule has 2 N–H and O–H groups in total. The molecule has 1 aliphatic rings. The zero-order chi connectivity index (χ0) is 10.1. The third kappa shape index (κ3) is 1.51. The quantitative estimate of drug-likeness (QED) is 0.694. The molecule has 1 heterocycles. The maximum Gasteiger partial charge on any atom is 0.242 e. The first-order valence-electron chi connectivity index (χ1n) is 4.78. The average molecular weight is 190 g/mol. The number of hydrogen-bond donors (Lipinski definition) is 2. The number of carbonyl (C=O) groups is 1. The van der Waals surface area contributed by atoms with Crippen molar-refractivity contribution in [3.8, 4) is 0 Å². The summed E-state index contributed by atoms with van der Waals surface area (Å²) in [5, 5.41) is 0. The van der Waals surface area contributed by atoms with Crippen LogP contribution < -0.4 is 10.9 Å². The van der Waals surface area contributed by atoms with Gasteiger partial charge < -0.3 is 0 Å². The lowest BCUT2D eigenvalue weighted by atomic mass is 9.94. The van der Waals surface area contributed by atoms with Crippen LogP contribution in [0.2, 0.25) is 0 Å². The molecule has 3 heteroatoms. The van der Waals surface area contributed by atoms with E-state index in [1.807, 2.05) is 19.1 Å². The Labute approximate surface area is 83.5 Å². The lowest BCUT2D eigenvalue weighted by Crippen LogP contribution is -2.26. The molecule has 0 aliphatic carbocycles. The number of amides is 1. The zero-order valence-corrected chi connectivity index (χ0v) is 8.42. The number of rotatable bonds is 1. The largest absolute Gasteiger partial charge is 0.291 e. The molecule has 0 spiro atoms. The van der Waals surface area contributed by atoms with Gasteiger partial charge in [-0.3, -0.25) is 10.2 Å². The van der Waals surface area contributed by atoms with Gasteiger partial charge in [-0.1, -0.05) is 23.8 Å². The average Bonchev–Trinajstić information content (AvgIpc) is 2.52. The fraction of sp³-hybridized carbons (Fsp3) is 0.364. The number of carbonyl (C=O) groups excluding carboxylic acids is 1.